The molecule has 5 rings (SSSR count). The third kappa shape index (κ3) is 3.49. The van der Waals surface area contributed by atoms with Crippen molar-refractivity contribution < 1.29 is 9.90 Å². The first-order valence-electron chi connectivity index (χ1n) is 10.2. The molecule has 0 saturated heterocycles. The summed E-state index contributed by atoms with van der Waals surface area (Å²) in [5.41, 5.74) is 6.50. The molecule has 2 nitrogen and oxygen atoms in total. The largest absolute Gasteiger partial charge is 0.478 e. The van der Waals surface area contributed by atoms with E-state index in [1.54, 1.807) is 6.07 Å². The molecule has 0 atom stereocenters. The van der Waals surface area contributed by atoms with E-state index in [0.717, 1.165) is 44.2 Å². The van der Waals surface area contributed by atoms with Gasteiger partial charge in [0.05, 0.1) is 5.56 Å². The van der Waals surface area contributed by atoms with Crippen LogP contribution in [0.1, 0.15) is 10.4 Å². The van der Waals surface area contributed by atoms with Gasteiger partial charge < -0.3 is 5.11 Å². The second-order valence-corrected chi connectivity index (χ2v) is 7.51. The fraction of sp³-hybridized carbons (Fsp3) is 0. The topological polar surface area (TPSA) is 37.3 Å². The van der Waals surface area contributed by atoms with E-state index in [0.29, 0.717) is 5.56 Å². The van der Waals surface area contributed by atoms with Gasteiger partial charge in [-0.1, -0.05) is 103 Å². The lowest BCUT2D eigenvalue weighted by atomic mass is 9.86. The predicted molar refractivity (Wildman–Crippen MR) is 127 cm³/mol. The molecule has 0 amide bonds. The molecule has 0 aliphatic carbocycles. The minimum absolute atomic E-state index is 0.313. The van der Waals surface area contributed by atoms with Gasteiger partial charge in [-0.25, -0.2) is 4.79 Å². The van der Waals surface area contributed by atoms with Crippen molar-refractivity contribution in [2.75, 3.05) is 0 Å². The molecule has 148 valence electrons. The molecular weight excluding hydrogens is 380 g/mol. The predicted octanol–water partition coefficient (Wildman–Crippen LogP) is 7.54. The maximum Gasteiger partial charge on any atom is 0.336 e. The average molecular weight is 400 g/mol. The van der Waals surface area contributed by atoms with Gasteiger partial charge in [0.2, 0.25) is 0 Å². The number of carboxylic acid groups (broad SMARTS) is 1. The van der Waals surface area contributed by atoms with Crippen molar-refractivity contribution in [2.45, 2.75) is 0 Å². The molecule has 0 saturated carbocycles. The van der Waals surface area contributed by atoms with E-state index in [2.05, 4.69) is 30.3 Å². The van der Waals surface area contributed by atoms with Crippen LogP contribution in [0.5, 0.6) is 0 Å². The number of carboxylic acids is 1. The Balaban J connectivity index is 1.92. The van der Waals surface area contributed by atoms with Gasteiger partial charge in [-0.2, -0.15) is 0 Å². The van der Waals surface area contributed by atoms with Crippen molar-refractivity contribution in [1.29, 1.82) is 0 Å². The van der Waals surface area contributed by atoms with Crippen molar-refractivity contribution in [3.63, 3.8) is 0 Å². The molecule has 1 N–H and O–H groups in total. The third-order valence-corrected chi connectivity index (χ3v) is 5.62. The van der Waals surface area contributed by atoms with Crippen LogP contribution in [-0.2, 0) is 0 Å². The number of hydrogen-bond donors (Lipinski definition) is 1. The molecule has 0 aliphatic rings. The van der Waals surface area contributed by atoms with Gasteiger partial charge in [-0.05, 0) is 56.3 Å². The quantitative estimate of drug-likeness (QED) is 0.338. The third-order valence-electron chi connectivity index (χ3n) is 5.62. The minimum atomic E-state index is -0.922. The van der Waals surface area contributed by atoms with Crippen molar-refractivity contribution in [2.24, 2.45) is 0 Å². The molecule has 0 fully saturated rings. The molecule has 0 aromatic heterocycles. The number of benzene rings is 5. The normalized spacial score (nSPS) is 10.8. The molecule has 0 heterocycles. The average Bonchev–Trinajstić information content (AvgIpc) is 2.84. The summed E-state index contributed by atoms with van der Waals surface area (Å²) in [4.78, 5) is 12.2. The van der Waals surface area contributed by atoms with E-state index in [4.69, 9.17) is 0 Å². The number of hydrogen-bond acceptors (Lipinski definition) is 1. The van der Waals surface area contributed by atoms with E-state index < -0.39 is 5.97 Å². The summed E-state index contributed by atoms with van der Waals surface area (Å²) >= 11 is 0. The zero-order chi connectivity index (χ0) is 21.2. The number of fused-ring (bicyclic) bond motifs is 1. The Morgan fingerprint density at radius 2 is 1.06 bits per heavy atom. The van der Waals surface area contributed by atoms with E-state index in [1.165, 1.54) is 0 Å². The molecule has 0 aliphatic heterocycles. The summed E-state index contributed by atoms with van der Waals surface area (Å²) in [6.07, 6.45) is 0. The maximum absolute atomic E-state index is 12.2. The molecule has 0 unspecified atom stereocenters. The van der Waals surface area contributed by atoms with Crippen LogP contribution in [0, 0.1) is 0 Å². The molecule has 0 bridgehead atoms. The van der Waals surface area contributed by atoms with Crippen LogP contribution in [0.2, 0.25) is 0 Å². The van der Waals surface area contributed by atoms with Crippen LogP contribution < -0.4 is 0 Å². The monoisotopic (exact) mass is 400 g/mol. The Morgan fingerprint density at radius 1 is 0.516 bits per heavy atom. The SMILES string of the molecule is O=C(O)c1cc(-c2ccccc2)cc2c(-c3ccccc3)c(-c3ccccc3)ccc12. The van der Waals surface area contributed by atoms with Gasteiger partial charge >= 0.3 is 5.97 Å². The highest BCUT2D eigenvalue weighted by Crippen LogP contribution is 2.41. The van der Waals surface area contributed by atoms with Crippen LogP contribution in [0.4, 0.5) is 0 Å². The van der Waals surface area contributed by atoms with Crippen LogP contribution in [0.15, 0.2) is 115 Å². The van der Waals surface area contributed by atoms with Gasteiger partial charge in [0.25, 0.3) is 0 Å². The highest BCUT2D eigenvalue weighted by Gasteiger charge is 2.18. The summed E-state index contributed by atoms with van der Waals surface area (Å²) in [5.74, 6) is -0.922. The molecule has 2 heteroatoms. The Labute approximate surface area is 181 Å². The van der Waals surface area contributed by atoms with E-state index >= 15 is 0 Å². The molecular formula is C29H20O2. The zero-order valence-corrected chi connectivity index (χ0v) is 16.8. The Bertz CT molecular complexity index is 1370. The molecule has 31 heavy (non-hydrogen) atoms. The first-order valence-corrected chi connectivity index (χ1v) is 10.2. The van der Waals surface area contributed by atoms with Gasteiger partial charge in [0, 0.05) is 0 Å². The summed E-state index contributed by atoms with van der Waals surface area (Å²) in [6, 6.07) is 38.2. The van der Waals surface area contributed by atoms with Gasteiger partial charge in [0.15, 0.2) is 0 Å². The fourth-order valence-electron chi connectivity index (χ4n) is 4.18. The number of carbonyl (C=O) groups is 1. The van der Waals surface area contributed by atoms with E-state index in [-0.39, 0.29) is 0 Å². The first-order chi connectivity index (χ1) is 15.2. The smallest absolute Gasteiger partial charge is 0.336 e. The van der Waals surface area contributed by atoms with Crippen molar-refractivity contribution in [1.82, 2.24) is 0 Å². The molecule has 5 aromatic rings. The maximum atomic E-state index is 12.2. The lowest BCUT2D eigenvalue weighted by molar-refractivity contribution is 0.0699. The summed E-state index contributed by atoms with van der Waals surface area (Å²) in [5, 5.41) is 11.7. The number of rotatable bonds is 4. The Kier molecular flexibility index (Phi) is 4.81. The van der Waals surface area contributed by atoms with Gasteiger partial charge in [-0.3, -0.25) is 0 Å². The minimum Gasteiger partial charge on any atom is -0.478 e. The van der Waals surface area contributed by atoms with Crippen LogP contribution in [0.25, 0.3) is 44.2 Å². The fourth-order valence-corrected chi connectivity index (χ4v) is 4.18. The molecule has 5 aromatic carbocycles. The lowest BCUT2D eigenvalue weighted by Gasteiger charge is -2.17. The van der Waals surface area contributed by atoms with E-state index in [9.17, 15) is 9.90 Å². The van der Waals surface area contributed by atoms with Gasteiger partial charge in [-0.15, -0.1) is 0 Å². The lowest BCUT2D eigenvalue weighted by Crippen LogP contribution is -2.00. The highest BCUT2D eigenvalue weighted by molar-refractivity contribution is 6.13. The van der Waals surface area contributed by atoms with Crippen molar-refractivity contribution in [3.05, 3.63) is 121 Å². The summed E-state index contributed by atoms with van der Waals surface area (Å²) < 4.78 is 0. The second-order valence-electron chi connectivity index (χ2n) is 7.51. The first kappa shape index (κ1) is 18.8. The highest BCUT2D eigenvalue weighted by atomic mass is 16.4. The Morgan fingerprint density at radius 3 is 1.65 bits per heavy atom. The van der Waals surface area contributed by atoms with Crippen LogP contribution in [0.3, 0.4) is 0 Å². The molecule has 0 radical (unpaired) electrons. The van der Waals surface area contributed by atoms with Gasteiger partial charge in [0.1, 0.15) is 0 Å². The number of aromatic carboxylic acids is 1. The standard InChI is InChI=1S/C29H20O2/c30-29(31)27-19-23(20-10-4-1-5-11-20)18-26-25(27)17-16-24(21-12-6-2-7-13-21)28(26)22-14-8-3-9-15-22/h1-19H,(H,30,31). The van der Waals surface area contributed by atoms with Crippen LogP contribution >= 0.6 is 0 Å². The van der Waals surface area contributed by atoms with E-state index in [1.807, 2.05) is 78.9 Å². The zero-order valence-electron chi connectivity index (χ0n) is 16.8. The second kappa shape index (κ2) is 7.92. The van der Waals surface area contributed by atoms with Crippen LogP contribution in [-0.4, -0.2) is 11.1 Å². The summed E-state index contributed by atoms with van der Waals surface area (Å²) in [7, 11) is 0. The summed E-state index contributed by atoms with van der Waals surface area (Å²) in [6.45, 7) is 0. The Hall–Kier alpha value is -4.17. The van der Waals surface area contributed by atoms with Crippen molar-refractivity contribution in [3.8, 4) is 33.4 Å². The molecule has 0 spiro atoms. The van der Waals surface area contributed by atoms with Crippen molar-refractivity contribution >= 4 is 16.7 Å².